The molecule has 0 aromatic heterocycles. The van der Waals surface area contributed by atoms with Gasteiger partial charge in [0.2, 0.25) is 0 Å². The molecule has 2 aliphatic rings. The summed E-state index contributed by atoms with van der Waals surface area (Å²) in [7, 11) is 0. The van der Waals surface area contributed by atoms with E-state index in [9.17, 15) is 0 Å². The molecule has 92 valence electrons. The van der Waals surface area contributed by atoms with Crippen molar-refractivity contribution >= 4 is 0 Å². The highest BCUT2D eigenvalue weighted by atomic mass is 15.2. The van der Waals surface area contributed by atoms with Crippen molar-refractivity contribution in [1.29, 1.82) is 0 Å². The minimum atomic E-state index is 0.699. The molecule has 3 rings (SSSR count). The molecule has 0 spiro atoms. The molecule has 1 aromatic carbocycles. The molecule has 17 heavy (non-hydrogen) atoms. The first-order valence-corrected chi connectivity index (χ1v) is 6.81. The third-order valence-corrected chi connectivity index (χ3v) is 4.33. The second-order valence-corrected chi connectivity index (χ2v) is 5.74. The third kappa shape index (κ3) is 2.53. The van der Waals surface area contributed by atoms with E-state index in [1.807, 2.05) is 0 Å². The van der Waals surface area contributed by atoms with Crippen LogP contribution in [-0.2, 0) is 6.54 Å². The molecule has 3 atom stereocenters. The second kappa shape index (κ2) is 4.79. The summed E-state index contributed by atoms with van der Waals surface area (Å²) in [5, 5.41) is 3.64. The lowest BCUT2D eigenvalue weighted by Crippen LogP contribution is -2.54. The predicted octanol–water partition coefficient (Wildman–Crippen LogP) is 2.12. The normalized spacial score (nSPS) is 33.6. The van der Waals surface area contributed by atoms with Crippen molar-refractivity contribution in [2.45, 2.75) is 25.9 Å². The van der Waals surface area contributed by atoms with Gasteiger partial charge < -0.3 is 5.32 Å². The quantitative estimate of drug-likeness (QED) is 0.837. The monoisotopic (exact) mass is 230 g/mol. The van der Waals surface area contributed by atoms with E-state index in [-0.39, 0.29) is 0 Å². The summed E-state index contributed by atoms with van der Waals surface area (Å²) >= 11 is 0. The van der Waals surface area contributed by atoms with E-state index in [4.69, 9.17) is 0 Å². The summed E-state index contributed by atoms with van der Waals surface area (Å²) in [6.45, 7) is 7.21. The Bertz CT molecular complexity index is 362. The van der Waals surface area contributed by atoms with Gasteiger partial charge in [0.15, 0.2) is 0 Å². The van der Waals surface area contributed by atoms with Crippen molar-refractivity contribution in [3.63, 3.8) is 0 Å². The highest BCUT2D eigenvalue weighted by Gasteiger charge is 2.34. The SMILES string of the molecule is C[C@H]1NC[C@H]2C[C@H]1CN(Cc1ccccc1)C2. The van der Waals surface area contributed by atoms with E-state index in [0.29, 0.717) is 6.04 Å². The average Bonchev–Trinajstić information content (AvgIpc) is 2.36. The van der Waals surface area contributed by atoms with Crippen LogP contribution in [0, 0.1) is 11.8 Å². The highest BCUT2D eigenvalue weighted by molar-refractivity contribution is 5.14. The van der Waals surface area contributed by atoms with E-state index in [0.717, 1.165) is 18.4 Å². The largest absolute Gasteiger partial charge is 0.314 e. The number of likely N-dealkylation sites (tertiary alicyclic amines) is 1. The molecule has 2 nitrogen and oxygen atoms in total. The van der Waals surface area contributed by atoms with Crippen LogP contribution in [0.4, 0.5) is 0 Å². The molecule has 2 saturated heterocycles. The van der Waals surface area contributed by atoms with Crippen molar-refractivity contribution in [2.75, 3.05) is 19.6 Å². The average molecular weight is 230 g/mol. The molecule has 2 heterocycles. The lowest BCUT2D eigenvalue weighted by atomic mass is 9.81. The molecule has 0 radical (unpaired) electrons. The maximum Gasteiger partial charge on any atom is 0.0233 e. The predicted molar refractivity (Wildman–Crippen MR) is 70.8 cm³/mol. The fourth-order valence-corrected chi connectivity index (χ4v) is 3.35. The van der Waals surface area contributed by atoms with Crippen LogP contribution in [0.5, 0.6) is 0 Å². The smallest absolute Gasteiger partial charge is 0.0233 e. The number of nitrogens with zero attached hydrogens (tertiary/aromatic N) is 1. The molecule has 0 saturated carbocycles. The van der Waals surface area contributed by atoms with Crippen molar-refractivity contribution in [1.82, 2.24) is 10.2 Å². The summed E-state index contributed by atoms with van der Waals surface area (Å²) in [6.07, 6.45) is 1.43. The molecule has 0 amide bonds. The minimum Gasteiger partial charge on any atom is -0.314 e. The van der Waals surface area contributed by atoms with Crippen LogP contribution in [-0.4, -0.2) is 30.6 Å². The Hall–Kier alpha value is -0.860. The van der Waals surface area contributed by atoms with Crippen molar-refractivity contribution in [3.8, 4) is 0 Å². The van der Waals surface area contributed by atoms with Crippen LogP contribution >= 0.6 is 0 Å². The van der Waals surface area contributed by atoms with Crippen LogP contribution in [0.3, 0.4) is 0 Å². The van der Waals surface area contributed by atoms with Gasteiger partial charge in [-0.05, 0) is 37.3 Å². The molecule has 1 aromatic rings. The zero-order valence-corrected chi connectivity index (χ0v) is 10.6. The van der Waals surface area contributed by atoms with Crippen LogP contribution in [0.15, 0.2) is 30.3 Å². The maximum absolute atomic E-state index is 3.64. The molecule has 2 fully saturated rings. The topological polar surface area (TPSA) is 15.3 Å². The third-order valence-electron chi connectivity index (χ3n) is 4.33. The fraction of sp³-hybridized carbons (Fsp3) is 0.600. The maximum atomic E-state index is 3.64. The lowest BCUT2D eigenvalue weighted by Gasteiger charge is -2.45. The molecule has 0 unspecified atom stereocenters. The molecule has 2 aliphatic heterocycles. The van der Waals surface area contributed by atoms with Crippen molar-refractivity contribution < 1.29 is 0 Å². The zero-order chi connectivity index (χ0) is 11.7. The van der Waals surface area contributed by atoms with Gasteiger partial charge in [-0.3, -0.25) is 4.90 Å². The van der Waals surface area contributed by atoms with E-state index >= 15 is 0 Å². The Morgan fingerprint density at radius 2 is 2.06 bits per heavy atom. The molecular weight excluding hydrogens is 208 g/mol. The molecule has 2 bridgehead atoms. The van der Waals surface area contributed by atoms with Gasteiger partial charge in [-0.25, -0.2) is 0 Å². The van der Waals surface area contributed by atoms with Gasteiger partial charge in [0.1, 0.15) is 0 Å². The van der Waals surface area contributed by atoms with Crippen molar-refractivity contribution in [3.05, 3.63) is 35.9 Å². The lowest BCUT2D eigenvalue weighted by molar-refractivity contribution is 0.0681. The summed E-state index contributed by atoms with van der Waals surface area (Å²) in [4.78, 5) is 2.64. The van der Waals surface area contributed by atoms with Crippen molar-refractivity contribution in [2.24, 2.45) is 11.8 Å². The number of nitrogens with one attached hydrogen (secondary N) is 1. The molecule has 0 aliphatic carbocycles. The van der Waals surface area contributed by atoms with Gasteiger partial charge in [-0.15, -0.1) is 0 Å². The number of benzene rings is 1. The number of piperidine rings is 2. The van der Waals surface area contributed by atoms with Gasteiger partial charge in [0.05, 0.1) is 0 Å². The Kier molecular flexibility index (Phi) is 3.17. The fourth-order valence-electron chi connectivity index (χ4n) is 3.35. The minimum absolute atomic E-state index is 0.699. The first-order valence-electron chi connectivity index (χ1n) is 6.81. The second-order valence-electron chi connectivity index (χ2n) is 5.74. The van der Waals surface area contributed by atoms with Gasteiger partial charge in [0, 0.05) is 25.7 Å². The summed E-state index contributed by atoms with van der Waals surface area (Å²) in [6, 6.07) is 11.6. The zero-order valence-electron chi connectivity index (χ0n) is 10.6. The first kappa shape index (κ1) is 11.2. The van der Waals surface area contributed by atoms with Gasteiger partial charge >= 0.3 is 0 Å². The highest BCUT2D eigenvalue weighted by Crippen LogP contribution is 2.28. The molecule has 1 N–H and O–H groups in total. The van der Waals surface area contributed by atoms with Crippen LogP contribution in [0.1, 0.15) is 18.9 Å². The van der Waals surface area contributed by atoms with E-state index in [1.165, 1.54) is 31.6 Å². The van der Waals surface area contributed by atoms with Crippen LogP contribution in [0.25, 0.3) is 0 Å². The number of fused-ring (bicyclic) bond motifs is 2. The number of hydrogen-bond acceptors (Lipinski definition) is 2. The van der Waals surface area contributed by atoms with E-state index in [2.05, 4.69) is 47.5 Å². The van der Waals surface area contributed by atoms with Gasteiger partial charge in [-0.1, -0.05) is 30.3 Å². The molecule has 2 heteroatoms. The summed E-state index contributed by atoms with van der Waals surface area (Å²) < 4.78 is 0. The number of hydrogen-bond donors (Lipinski definition) is 1. The Morgan fingerprint density at radius 3 is 2.88 bits per heavy atom. The number of rotatable bonds is 2. The van der Waals surface area contributed by atoms with Gasteiger partial charge in [-0.2, -0.15) is 0 Å². The summed E-state index contributed by atoms with van der Waals surface area (Å²) in [5.74, 6) is 1.72. The van der Waals surface area contributed by atoms with Gasteiger partial charge in [0.25, 0.3) is 0 Å². The summed E-state index contributed by atoms with van der Waals surface area (Å²) in [5.41, 5.74) is 1.45. The standard InChI is InChI=1S/C15H22N2/c1-12-15-7-14(8-16-12)10-17(11-15)9-13-5-3-2-4-6-13/h2-6,12,14-16H,7-11H2,1H3/t12-,14-,15+/m1/s1. The Balaban J connectivity index is 1.65. The first-order chi connectivity index (χ1) is 8.31. The molecular formula is C15H22N2. The van der Waals surface area contributed by atoms with E-state index < -0.39 is 0 Å². The van der Waals surface area contributed by atoms with Crippen LogP contribution in [0.2, 0.25) is 0 Å². The Morgan fingerprint density at radius 1 is 1.24 bits per heavy atom. The Labute approximate surface area is 104 Å². The van der Waals surface area contributed by atoms with E-state index in [1.54, 1.807) is 0 Å². The van der Waals surface area contributed by atoms with Crippen LogP contribution < -0.4 is 5.32 Å².